The lowest BCUT2D eigenvalue weighted by Gasteiger charge is -2.11. The average molecular weight is 345 g/mol. The van der Waals surface area contributed by atoms with Crippen molar-refractivity contribution in [3.63, 3.8) is 0 Å². The Morgan fingerprint density at radius 3 is 2.64 bits per heavy atom. The maximum atomic E-state index is 11.8. The van der Waals surface area contributed by atoms with Gasteiger partial charge in [0.15, 0.2) is 0 Å². The zero-order valence-electron chi connectivity index (χ0n) is 13.7. The van der Waals surface area contributed by atoms with Crippen molar-refractivity contribution in [3.05, 3.63) is 58.6 Å². The molecule has 0 radical (unpaired) electrons. The first-order valence-electron chi connectivity index (χ1n) is 7.61. The number of rotatable bonds is 9. The molecule has 1 amide bonds. The van der Waals surface area contributed by atoms with Gasteiger partial charge in [-0.25, -0.2) is 0 Å². The predicted octanol–water partition coefficient (Wildman–Crippen LogP) is 2.21. The van der Waals surface area contributed by atoms with E-state index in [2.05, 4.69) is 10.6 Å². The number of methoxy groups -OCH3 is 1. The molecule has 132 valence electrons. The van der Waals surface area contributed by atoms with Crippen LogP contribution in [-0.2, 0) is 4.79 Å². The van der Waals surface area contributed by atoms with Gasteiger partial charge >= 0.3 is 0 Å². The first-order valence-corrected chi connectivity index (χ1v) is 7.61. The van der Waals surface area contributed by atoms with Gasteiger partial charge in [0.25, 0.3) is 5.69 Å². The molecule has 0 spiro atoms. The van der Waals surface area contributed by atoms with Gasteiger partial charge in [0, 0.05) is 12.1 Å². The third kappa shape index (κ3) is 5.69. The standard InChI is InChI=1S/C17H19N3O5/c1-24-16-8-7-13(20(22)23)11-15(16)19-12-17(21)18-9-10-25-14-5-3-2-4-6-14/h2-8,11,19H,9-10,12H2,1H3,(H,18,21). The van der Waals surface area contributed by atoms with Crippen LogP contribution in [0.2, 0.25) is 0 Å². The van der Waals surface area contributed by atoms with E-state index < -0.39 is 4.92 Å². The van der Waals surface area contributed by atoms with Gasteiger partial charge in [0.1, 0.15) is 18.1 Å². The van der Waals surface area contributed by atoms with Crippen LogP contribution in [0.4, 0.5) is 11.4 Å². The molecule has 0 aliphatic rings. The quantitative estimate of drug-likeness (QED) is 0.410. The molecule has 0 aliphatic carbocycles. The number of nitro benzene ring substituents is 1. The molecule has 0 saturated carbocycles. The number of hydrogen-bond donors (Lipinski definition) is 2. The minimum atomic E-state index is -0.508. The Kier molecular flexibility index (Phi) is 6.58. The zero-order chi connectivity index (χ0) is 18.1. The number of nitrogens with zero attached hydrogens (tertiary/aromatic N) is 1. The largest absolute Gasteiger partial charge is 0.495 e. The Labute approximate surface area is 144 Å². The van der Waals surface area contributed by atoms with Gasteiger partial charge in [-0.1, -0.05) is 18.2 Å². The number of nitrogens with one attached hydrogen (secondary N) is 2. The summed E-state index contributed by atoms with van der Waals surface area (Å²) in [5.74, 6) is 0.896. The Morgan fingerprint density at radius 1 is 1.20 bits per heavy atom. The Balaban J connectivity index is 1.77. The average Bonchev–Trinajstić information content (AvgIpc) is 2.64. The molecule has 0 aliphatic heterocycles. The summed E-state index contributed by atoms with van der Waals surface area (Å²) >= 11 is 0. The topological polar surface area (TPSA) is 103 Å². The van der Waals surface area contributed by atoms with Crippen molar-refractivity contribution in [2.24, 2.45) is 0 Å². The Bertz CT molecular complexity index is 721. The van der Waals surface area contributed by atoms with E-state index in [9.17, 15) is 14.9 Å². The summed E-state index contributed by atoms with van der Waals surface area (Å²) in [6.07, 6.45) is 0. The Morgan fingerprint density at radius 2 is 1.96 bits per heavy atom. The van der Waals surface area contributed by atoms with E-state index in [1.807, 2.05) is 30.3 Å². The molecule has 0 heterocycles. The van der Waals surface area contributed by atoms with Crippen molar-refractivity contribution in [2.75, 3.05) is 32.1 Å². The zero-order valence-corrected chi connectivity index (χ0v) is 13.7. The summed E-state index contributed by atoms with van der Waals surface area (Å²) in [5, 5.41) is 16.4. The van der Waals surface area contributed by atoms with Crippen LogP contribution < -0.4 is 20.1 Å². The fourth-order valence-electron chi connectivity index (χ4n) is 2.06. The summed E-state index contributed by atoms with van der Waals surface area (Å²) in [7, 11) is 1.45. The first-order chi connectivity index (χ1) is 12.1. The van der Waals surface area contributed by atoms with Gasteiger partial charge < -0.3 is 20.1 Å². The van der Waals surface area contributed by atoms with Crippen molar-refractivity contribution >= 4 is 17.3 Å². The van der Waals surface area contributed by atoms with Crippen molar-refractivity contribution in [3.8, 4) is 11.5 Å². The predicted molar refractivity (Wildman–Crippen MR) is 93.1 cm³/mol. The van der Waals surface area contributed by atoms with E-state index >= 15 is 0 Å². The highest BCUT2D eigenvalue weighted by molar-refractivity contribution is 5.81. The molecule has 25 heavy (non-hydrogen) atoms. The van der Waals surface area contributed by atoms with Crippen molar-refractivity contribution in [1.82, 2.24) is 5.32 Å². The number of anilines is 1. The number of para-hydroxylation sites is 1. The molecule has 0 aromatic heterocycles. The Hall–Kier alpha value is -3.29. The molecule has 0 fully saturated rings. The molecule has 0 atom stereocenters. The highest BCUT2D eigenvalue weighted by Gasteiger charge is 2.12. The third-order valence-electron chi connectivity index (χ3n) is 3.27. The lowest BCUT2D eigenvalue weighted by atomic mass is 10.2. The maximum Gasteiger partial charge on any atom is 0.271 e. The fraction of sp³-hybridized carbons (Fsp3) is 0.235. The summed E-state index contributed by atoms with van der Waals surface area (Å²) < 4.78 is 10.6. The van der Waals surface area contributed by atoms with E-state index in [0.29, 0.717) is 24.6 Å². The molecular formula is C17H19N3O5. The number of carbonyl (C=O) groups is 1. The summed E-state index contributed by atoms with van der Waals surface area (Å²) in [6.45, 7) is 0.653. The van der Waals surface area contributed by atoms with Gasteiger partial charge in [-0.2, -0.15) is 0 Å². The number of carbonyl (C=O) groups excluding carboxylic acids is 1. The lowest BCUT2D eigenvalue weighted by molar-refractivity contribution is -0.384. The molecule has 2 N–H and O–H groups in total. The molecule has 2 aromatic carbocycles. The highest BCUT2D eigenvalue weighted by atomic mass is 16.6. The summed E-state index contributed by atoms with van der Waals surface area (Å²) in [4.78, 5) is 22.2. The fourth-order valence-corrected chi connectivity index (χ4v) is 2.06. The second-order valence-corrected chi connectivity index (χ2v) is 5.01. The number of ether oxygens (including phenoxy) is 2. The number of nitro groups is 1. The van der Waals surface area contributed by atoms with Crippen molar-refractivity contribution < 1.29 is 19.2 Å². The summed E-state index contributed by atoms with van der Waals surface area (Å²) in [6, 6.07) is 13.4. The number of hydrogen-bond acceptors (Lipinski definition) is 6. The van der Waals surface area contributed by atoms with E-state index in [4.69, 9.17) is 9.47 Å². The molecule has 0 unspecified atom stereocenters. The van der Waals surface area contributed by atoms with Crippen LogP contribution in [-0.4, -0.2) is 37.6 Å². The van der Waals surface area contributed by atoms with Gasteiger partial charge in [-0.15, -0.1) is 0 Å². The van der Waals surface area contributed by atoms with Crippen LogP contribution in [0.1, 0.15) is 0 Å². The number of benzene rings is 2. The smallest absolute Gasteiger partial charge is 0.271 e. The molecule has 2 rings (SSSR count). The minimum Gasteiger partial charge on any atom is -0.495 e. The van der Waals surface area contributed by atoms with Crippen molar-refractivity contribution in [2.45, 2.75) is 0 Å². The van der Waals surface area contributed by atoms with Crippen LogP contribution >= 0.6 is 0 Å². The second-order valence-electron chi connectivity index (χ2n) is 5.01. The monoisotopic (exact) mass is 345 g/mol. The van der Waals surface area contributed by atoms with Crippen molar-refractivity contribution in [1.29, 1.82) is 0 Å². The molecule has 0 bridgehead atoms. The molecule has 0 saturated heterocycles. The van der Waals surface area contributed by atoms with Crippen LogP contribution in [0.25, 0.3) is 0 Å². The van der Waals surface area contributed by atoms with Gasteiger partial charge in [0.05, 0.1) is 30.8 Å². The van der Waals surface area contributed by atoms with Gasteiger partial charge in [0.2, 0.25) is 5.91 Å². The maximum absolute atomic E-state index is 11.8. The van der Waals surface area contributed by atoms with Gasteiger partial charge in [-0.3, -0.25) is 14.9 Å². The molecule has 8 heteroatoms. The highest BCUT2D eigenvalue weighted by Crippen LogP contribution is 2.28. The van der Waals surface area contributed by atoms with E-state index in [1.54, 1.807) is 0 Å². The van der Waals surface area contributed by atoms with Crippen LogP contribution in [0.3, 0.4) is 0 Å². The third-order valence-corrected chi connectivity index (χ3v) is 3.27. The number of amides is 1. The normalized spacial score (nSPS) is 9.96. The van der Waals surface area contributed by atoms with E-state index in [1.165, 1.54) is 25.3 Å². The van der Waals surface area contributed by atoms with Gasteiger partial charge in [-0.05, 0) is 18.2 Å². The lowest BCUT2D eigenvalue weighted by Crippen LogP contribution is -2.33. The second kappa shape index (κ2) is 9.11. The SMILES string of the molecule is COc1ccc([N+](=O)[O-])cc1NCC(=O)NCCOc1ccccc1. The first kappa shape index (κ1) is 18.1. The summed E-state index contributed by atoms with van der Waals surface area (Å²) in [5.41, 5.74) is 0.298. The number of non-ortho nitro benzene ring substituents is 1. The van der Waals surface area contributed by atoms with Crippen LogP contribution in [0, 0.1) is 10.1 Å². The van der Waals surface area contributed by atoms with Crippen LogP contribution in [0.15, 0.2) is 48.5 Å². The van der Waals surface area contributed by atoms with E-state index in [-0.39, 0.29) is 18.1 Å². The minimum absolute atomic E-state index is 0.0388. The van der Waals surface area contributed by atoms with Crippen LogP contribution in [0.5, 0.6) is 11.5 Å². The molecule has 2 aromatic rings. The molecule has 8 nitrogen and oxygen atoms in total. The van der Waals surface area contributed by atoms with E-state index in [0.717, 1.165) is 5.75 Å². The molecular weight excluding hydrogens is 326 g/mol.